The van der Waals surface area contributed by atoms with E-state index in [2.05, 4.69) is 5.32 Å². The third kappa shape index (κ3) is 2.87. The van der Waals surface area contributed by atoms with Gasteiger partial charge in [0.25, 0.3) is 0 Å². The standard InChI is InChI=1S/C11H11F2NO2/c1-14-4-2-3-8-9(12)5-7(11(15)16)6-10(8)13/h2-3,5-6,14H,4H2,1H3,(H,15,16). The Morgan fingerprint density at radius 2 is 2.00 bits per heavy atom. The smallest absolute Gasteiger partial charge is 0.335 e. The lowest BCUT2D eigenvalue weighted by molar-refractivity contribution is 0.0695. The van der Waals surface area contributed by atoms with Gasteiger partial charge in [-0.3, -0.25) is 0 Å². The van der Waals surface area contributed by atoms with Gasteiger partial charge in [-0.2, -0.15) is 0 Å². The molecule has 0 amide bonds. The van der Waals surface area contributed by atoms with E-state index in [1.165, 1.54) is 6.08 Å². The molecule has 3 nitrogen and oxygen atoms in total. The second kappa shape index (κ2) is 5.37. The quantitative estimate of drug-likeness (QED) is 0.825. The predicted octanol–water partition coefficient (Wildman–Crippen LogP) is 1.90. The van der Waals surface area contributed by atoms with Gasteiger partial charge in [-0.15, -0.1) is 0 Å². The van der Waals surface area contributed by atoms with Crippen LogP contribution < -0.4 is 5.32 Å². The predicted molar refractivity (Wildman–Crippen MR) is 56.3 cm³/mol. The van der Waals surface area contributed by atoms with Crippen molar-refractivity contribution in [2.24, 2.45) is 0 Å². The monoisotopic (exact) mass is 227 g/mol. The Bertz CT molecular complexity index is 407. The van der Waals surface area contributed by atoms with Gasteiger partial charge in [0.2, 0.25) is 0 Å². The molecule has 0 bridgehead atoms. The van der Waals surface area contributed by atoms with Gasteiger partial charge in [-0.05, 0) is 19.2 Å². The molecule has 0 aromatic heterocycles. The van der Waals surface area contributed by atoms with E-state index in [9.17, 15) is 13.6 Å². The van der Waals surface area contributed by atoms with E-state index in [4.69, 9.17) is 5.11 Å². The average Bonchev–Trinajstić information content (AvgIpc) is 2.21. The van der Waals surface area contributed by atoms with Crippen LogP contribution in [0.1, 0.15) is 15.9 Å². The summed E-state index contributed by atoms with van der Waals surface area (Å²) in [6.07, 6.45) is 2.81. The van der Waals surface area contributed by atoms with Crippen molar-refractivity contribution in [3.8, 4) is 0 Å². The molecular weight excluding hydrogens is 216 g/mol. The summed E-state index contributed by atoms with van der Waals surface area (Å²) < 4.78 is 26.6. The number of carbonyl (C=O) groups is 1. The lowest BCUT2D eigenvalue weighted by atomic mass is 10.1. The van der Waals surface area contributed by atoms with Gasteiger partial charge in [0.15, 0.2) is 0 Å². The third-order valence-electron chi connectivity index (χ3n) is 1.93. The molecule has 1 rings (SSSR count). The number of halogens is 2. The van der Waals surface area contributed by atoms with Crippen molar-refractivity contribution in [1.29, 1.82) is 0 Å². The van der Waals surface area contributed by atoms with Crippen LogP contribution in [0.25, 0.3) is 6.08 Å². The van der Waals surface area contributed by atoms with Crippen LogP contribution in [0.4, 0.5) is 8.78 Å². The summed E-state index contributed by atoms with van der Waals surface area (Å²) in [4.78, 5) is 10.5. The van der Waals surface area contributed by atoms with Gasteiger partial charge in [-0.25, -0.2) is 13.6 Å². The highest BCUT2D eigenvalue weighted by Crippen LogP contribution is 2.17. The number of nitrogens with one attached hydrogen (secondary N) is 1. The first-order chi connectivity index (χ1) is 7.56. The van der Waals surface area contributed by atoms with E-state index in [1.54, 1.807) is 13.1 Å². The Labute approximate surface area is 91.4 Å². The summed E-state index contributed by atoms with van der Waals surface area (Å²) in [5, 5.41) is 11.4. The first-order valence-corrected chi connectivity index (χ1v) is 4.59. The Morgan fingerprint density at radius 3 is 2.44 bits per heavy atom. The van der Waals surface area contributed by atoms with Crippen LogP contribution in [0.3, 0.4) is 0 Å². The number of hydrogen-bond donors (Lipinski definition) is 2. The lowest BCUT2D eigenvalue weighted by Crippen LogP contribution is -2.04. The molecule has 0 fully saturated rings. The van der Waals surface area contributed by atoms with E-state index in [0.717, 1.165) is 12.1 Å². The molecule has 86 valence electrons. The average molecular weight is 227 g/mol. The van der Waals surface area contributed by atoms with Gasteiger partial charge in [0.05, 0.1) is 5.56 Å². The van der Waals surface area contributed by atoms with Crippen molar-refractivity contribution in [2.75, 3.05) is 13.6 Å². The molecule has 0 aliphatic rings. The normalized spacial score (nSPS) is 10.9. The first-order valence-electron chi connectivity index (χ1n) is 4.59. The maximum absolute atomic E-state index is 13.3. The number of aromatic carboxylic acids is 1. The second-order valence-electron chi connectivity index (χ2n) is 3.12. The molecule has 0 aliphatic carbocycles. The summed E-state index contributed by atoms with van der Waals surface area (Å²) in [7, 11) is 1.70. The Hall–Kier alpha value is -1.75. The van der Waals surface area contributed by atoms with Crippen LogP contribution in [-0.4, -0.2) is 24.7 Å². The first kappa shape index (κ1) is 12.3. The van der Waals surface area contributed by atoms with Crippen LogP contribution in [0.5, 0.6) is 0 Å². The highest BCUT2D eigenvalue weighted by Gasteiger charge is 2.12. The molecule has 16 heavy (non-hydrogen) atoms. The summed E-state index contributed by atoms with van der Waals surface area (Å²) >= 11 is 0. The number of rotatable bonds is 4. The fraction of sp³-hybridized carbons (Fsp3) is 0.182. The highest BCUT2D eigenvalue weighted by atomic mass is 19.1. The van der Waals surface area contributed by atoms with E-state index in [0.29, 0.717) is 6.54 Å². The summed E-state index contributed by atoms with van der Waals surface area (Å²) in [5.41, 5.74) is -0.638. The van der Waals surface area contributed by atoms with Crippen molar-refractivity contribution < 1.29 is 18.7 Å². The largest absolute Gasteiger partial charge is 0.478 e. The van der Waals surface area contributed by atoms with Crippen molar-refractivity contribution in [3.05, 3.63) is 41.0 Å². The molecule has 0 saturated carbocycles. The Kier molecular flexibility index (Phi) is 4.13. The fourth-order valence-corrected chi connectivity index (χ4v) is 1.16. The highest BCUT2D eigenvalue weighted by molar-refractivity contribution is 5.88. The molecule has 1 aromatic rings. The zero-order valence-corrected chi connectivity index (χ0v) is 8.63. The van der Waals surface area contributed by atoms with E-state index >= 15 is 0 Å². The van der Waals surface area contributed by atoms with Crippen molar-refractivity contribution in [2.45, 2.75) is 0 Å². The number of benzene rings is 1. The lowest BCUT2D eigenvalue weighted by Gasteiger charge is -2.01. The molecule has 0 unspecified atom stereocenters. The van der Waals surface area contributed by atoms with Crippen LogP contribution in [0.2, 0.25) is 0 Å². The van der Waals surface area contributed by atoms with Gasteiger partial charge in [0.1, 0.15) is 11.6 Å². The maximum atomic E-state index is 13.3. The number of carboxylic acid groups (broad SMARTS) is 1. The molecule has 0 aliphatic heterocycles. The minimum atomic E-state index is -1.36. The maximum Gasteiger partial charge on any atom is 0.335 e. The molecule has 0 saturated heterocycles. The fourth-order valence-electron chi connectivity index (χ4n) is 1.16. The van der Waals surface area contributed by atoms with E-state index < -0.39 is 23.2 Å². The molecule has 0 radical (unpaired) electrons. The minimum Gasteiger partial charge on any atom is -0.478 e. The SMILES string of the molecule is CNCC=Cc1c(F)cc(C(=O)O)cc1F. The van der Waals surface area contributed by atoms with E-state index in [-0.39, 0.29) is 5.56 Å². The molecular formula is C11H11F2NO2. The topological polar surface area (TPSA) is 49.3 Å². The molecule has 2 N–H and O–H groups in total. The summed E-state index contributed by atoms with van der Waals surface area (Å²) in [6.45, 7) is 0.472. The zero-order chi connectivity index (χ0) is 12.1. The Morgan fingerprint density at radius 1 is 1.44 bits per heavy atom. The van der Waals surface area contributed by atoms with Gasteiger partial charge in [0, 0.05) is 12.1 Å². The summed E-state index contributed by atoms with van der Waals surface area (Å²) in [5.74, 6) is -3.13. The van der Waals surface area contributed by atoms with Gasteiger partial charge < -0.3 is 10.4 Å². The van der Waals surface area contributed by atoms with Crippen molar-refractivity contribution in [3.63, 3.8) is 0 Å². The van der Waals surface area contributed by atoms with Gasteiger partial charge >= 0.3 is 5.97 Å². The summed E-state index contributed by atoms with van der Waals surface area (Å²) in [6, 6.07) is 1.59. The molecule has 5 heteroatoms. The van der Waals surface area contributed by atoms with Crippen LogP contribution in [0.15, 0.2) is 18.2 Å². The molecule has 0 spiro atoms. The Balaban J connectivity index is 3.07. The van der Waals surface area contributed by atoms with Crippen LogP contribution in [0, 0.1) is 11.6 Å². The number of hydrogen-bond acceptors (Lipinski definition) is 2. The third-order valence-corrected chi connectivity index (χ3v) is 1.93. The molecule has 1 aromatic carbocycles. The van der Waals surface area contributed by atoms with Crippen LogP contribution in [-0.2, 0) is 0 Å². The van der Waals surface area contributed by atoms with Crippen molar-refractivity contribution in [1.82, 2.24) is 5.32 Å². The minimum absolute atomic E-state index is 0.236. The van der Waals surface area contributed by atoms with Crippen molar-refractivity contribution >= 4 is 12.0 Å². The number of carboxylic acids is 1. The van der Waals surface area contributed by atoms with Gasteiger partial charge in [-0.1, -0.05) is 12.2 Å². The van der Waals surface area contributed by atoms with Crippen LogP contribution >= 0.6 is 0 Å². The molecule has 0 heterocycles. The number of likely N-dealkylation sites (N-methyl/N-ethyl adjacent to an activating group) is 1. The molecule has 0 atom stereocenters. The van der Waals surface area contributed by atoms with E-state index in [1.807, 2.05) is 0 Å². The second-order valence-corrected chi connectivity index (χ2v) is 3.12. The zero-order valence-electron chi connectivity index (χ0n) is 8.63.